The van der Waals surface area contributed by atoms with Crippen molar-refractivity contribution in [1.29, 1.82) is 5.26 Å². The number of non-ortho nitro benzene ring substituents is 1. The molecule has 7 nitrogen and oxygen atoms in total. The summed E-state index contributed by atoms with van der Waals surface area (Å²) in [5.41, 5.74) is 9.68. The third kappa shape index (κ3) is 2.45. The number of aryl methyl sites for hydroxylation is 1. The molecule has 0 unspecified atom stereocenters. The van der Waals surface area contributed by atoms with Crippen LogP contribution in [0.1, 0.15) is 21.7 Å². The van der Waals surface area contributed by atoms with E-state index in [-0.39, 0.29) is 5.69 Å². The summed E-state index contributed by atoms with van der Waals surface area (Å²) in [6.07, 6.45) is 0.726. The van der Waals surface area contributed by atoms with Gasteiger partial charge in [0.1, 0.15) is 11.1 Å². The van der Waals surface area contributed by atoms with Crippen molar-refractivity contribution in [3.05, 3.63) is 56.1 Å². The van der Waals surface area contributed by atoms with Gasteiger partial charge in [0.2, 0.25) is 0 Å². The Morgan fingerprint density at radius 2 is 2.27 bits per heavy atom. The molecule has 0 amide bonds. The molecule has 4 rings (SSSR count). The van der Waals surface area contributed by atoms with Crippen molar-refractivity contribution in [2.24, 2.45) is 0 Å². The number of benzene rings is 1. The van der Waals surface area contributed by atoms with Crippen molar-refractivity contribution in [1.82, 2.24) is 4.98 Å². The van der Waals surface area contributed by atoms with E-state index in [9.17, 15) is 15.4 Å². The van der Waals surface area contributed by atoms with Crippen LogP contribution >= 0.6 is 11.3 Å². The first-order chi connectivity index (χ1) is 12.5. The van der Waals surface area contributed by atoms with Crippen LogP contribution in [0.15, 0.2) is 24.3 Å². The van der Waals surface area contributed by atoms with Crippen LogP contribution in [0.3, 0.4) is 0 Å². The van der Waals surface area contributed by atoms with Crippen molar-refractivity contribution in [2.75, 3.05) is 17.2 Å². The molecule has 0 saturated carbocycles. The predicted octanol–water partition coefficient (Wildman–Crippen LogP) is 3.53. The molecule has 0 bridgehead atoms. The van der Waals surface area contributed by atoms with Gasteiger partial charge in [-0.25, -0.2) is 4.98 Å². The van der Waals surface area contributed by atoms with Gasteiger partial charge >= 0.3 is 0 Å². The second kappa shape index (κ2) is 5.97. The minimum atomic E-state index is -0.397. The van der Waals surface area contributed by atoms with E-state index in [2.05, 4.69) is 16.0 Å². The van der Waals surface area contributed by atoms with Crippen LogP contribution in [0.4, 0.5) is 16.4 Å². The van der Waals surface area contributed by atoms with E-state index in [1.165, 1.54) is 17.4 Å². The molecule has 0 radical (unpaired) electrons. The van der Waals surface area contributed by atoms with E-state index in [0.717, 1.165) is 40.2 Å². The van der Waals surface area contributed by atoms with Crippen LogP contribution in [0.5, 0.6) is 0 Å². The quantitative estimate of drug-likeness (QED) is 0.549. The lowest BCUT2D eigenvalue weighted by atomic mass is 10.0. The number of para-hydroxylation sites is 1. The fourth-order valence-electron chi connectivity index (χ4n) is 3.50. The molecule has 1 aromatic carbocycles. The zero-order chi connectivity index (χ0) is 18.4. The SMILES string of the molecule is Cc1cc(N2CCc3c(sc(N)c3C#N)C2)c2cccc([N+](=O)[O-])c2n1. The second-order valence-corrected chi connectivity index (χ2v) is 7.38. The Hall–Kier alpha value is -3.18. The Labute approximate surface area is 153 Å². The molecule has 1 aliphatic heterocycles. The van der Waals surface area contributed by atoms with Gasteiger partial charge in [0.15, 0.2) is 5.52 Å². The van der Waals surface area contributed by atoms with Gasteiger partial charge in [0.25, 0.3) is 5.69 Å². The highest BCUT2D eigenvalue weighted by Gasteiger charge is 2.26. The number of hydrogen-bond donors (Lipinski definition) is 1. The highest BCUT2D eigenvalue weighted by atomic mass is 32.1. The Morgan fingerprint density at radius 3 is 3.00 bits per heavy atom. The maximum Gasteiger partial charge on any atom is 0.295 e. The number of hydrogen-bond acceptors (Lipinski definition) is 7. The monoisotopic (exact) mass is 365 g/mol. The van der Waals surface area contributed by atoms with Gasteiger partial charge in [-0.3, -0.25) is 10.1 Å². The van der Waals surface area contributed by atoms with Gasteiger partial charge in [-0.2, -0.15) is 5.26 Å². The van der Waals surface area contributed by atoms with Crippen molar-refractivity contribution < 1.29 is 4.92 Å². The number of nitro benzene ring substituents is 1. The smallest absolute Gasteiger partial charge is 0.295 e. The van der Waals surface area contributed by atoms with Gasteiger partial charge < -0.3 is 10.6 Å². The van der Waals surface area contributed by atoms with E-state index in [1.54, 1.807) is 6.07 Å². The average molecular weight is 365 g/mol. The van der Waals surface area contributed by atoms with Gasteiger partial charge in [-0.1, -0.05) is 12.1 Å². The molecular formula is C18H15N5O2S. The van der Waals surface area contributed by atoms with Crippen molar-refractivity contribution in [3.63, 3.8) is 0 Å². The third-order valence-electron chi connectivity index (χ3n) is 4.66. The molecule has 26 heavy (non-hydrogen) atoms. The zero-order valence-corrected chi connectivity index (χ0v) is 14.8. The lowest BCUT2D eigenvalue weighted by Gasteiger charge is -2.30. The first-order valence-corrected chi connectivity index (χ1v) is 8.91. The van der Waals surface area contributed by atoms with E-state index in [4.69, 9.17) is 5.73 Å². The number of nitriles is 1. The standard InChI is InChI=1S/C18H15N5O2S/c1-10-7-15(12-3-2-4-14(23(24)25)17(12)21-10)22-6-5-11-13(8-19)18(20)26-16(11)9-22/h2-4,7H,5-6,9,20H2,1H3. The summed E-state index contributed by atoms with van der Waals surface area (Å²) >= 11 is 1.45. The number of aromatic nitrogens is 1. The number of nitrogen functional groups attached to an aromatic ring is 1. The van der Waals surface area contributed by atoms with Crippen LogP contribution in [0.25, 0.3) is 10.9 Å². The molecule has 8 heteroatoms. The van der Waals surface area contributed by atoms with Crippen molar-refractivity contribution in [2.45, 2.75) is 19.9 Å². The predicted molar refractivity (Wildman–Crippen MR) is 101 cm³/mol. The molecule has 0 fully saturated rings. The van der Waals surface area contributed by atoms with E-state index in [0.29, 0.717) is 22.6 Å². The number of rotatable bonds is 2. The molecule has 1 aliphatic rings. The lowest BCUT2D eigenvalue weighted by Crippen LogP contribution is -2.30. The maximum atomic E-state index is 11.4. The maximum absolute atomic E-state index is 11.4. The van der Waals surface area contributed by atoms with Crippen LogP contribution in [-0.2, 0) is 13.0 Å². The van der Waals surface area contributed by atoms with Crippen LogP contribution in [0.2, 0.25) is 0 Å². The van der Waals surface area contributed by atoms with Crippen LogP contribution < -0.4 is 10.6 Å². The molecule has 0 saturated heterocycles. The van der Waals surface area contributed by atoms with Gasteiger partial charge in [-0.05, 0) is 25.0 Å². The summed E-state index contributed by atoms with van der Waals surface area (Å²) in [6.45, 7) is 3.19. The molecule has 2 N–H and O–H groups in total. The zero-order valence-electron chi connectivity index (χ0n) is 14.0. The Kier molecular flexibility index (Phi) is 3.74. The molecule has 2 aromatic heterocycles. The molecule has 130 valence electrons. The van der Waals surface area contributed by atoms with Crippen molar-refractivity contribution in [3.8, 4) is 6.07 Å². The average Bonchev–Trinajstić information content (AvgIpc) is 2.94. The van der Waals surface area contributed by atoms with E-state index in [1.807, 2.05) is 19.1 Å². The van der Waals surface area contributed by atoms with Crippen molar-refractivity contribution >= 4 is 38.6 Å². The first-order valence-electron chi connectivity index (χ1n) is 8.09. The number of pyridine rings is 1. The topological polar surface area (TPSA) is 109 Å². The molecular weight excluding hydrogens is 350 g/mol. The number of fused-ring (bicyclic) bond motifs is 2. The van der Waals surface area contributed by atoms with E-state index < -0.39 is 4.92 Å². The molecule has 0 aliphatic carbocycles. The van der Waals surface area contributed by atoms with Crippen LogP contribution in [0, 0.1) is 28.4 Å². The normalized spacial score (nSPS) is 13.5. The summed E-state index contributed by atoms with van der Waals surface area (Å²) in [4.78, 5) is 18.6. The highest BCUT2D eigenvalue weighted by molar-refractivity contribution is 7.16. The highest BCUT2D eigenvalue weighted by Crippen LogP contribution is 2.38. The Morgan fingerprint density at radius 1 is 1.46 bits per heavy atom. The molecule has 3 heterocycles. The number of nitrogens with zero attached hydrogens (tertiary/aromatic N) is 4. The summed E-state index contributed by atoms with van der Waals surface area (Å²) in [5, 5.41) is 22.0. The van der Waals surface area contributed by atoms with Gasteiger partial charge in [-0.15, -0.1) is 11.3 Å². The largest absolute Gasteiger partial charge is 0.389 e. The minimum absolute atomic E-state index is 0.0114. The van der Waals surface area contributed by atoms with Crippen LogP contribution in [-0.4, -0.2) is 16.5 Å². The molecule has 0 atom stereocenters. The Balaban J connectivity index is 1.84. The summed E-state index contributed by atoms with van der Waals surface area (Å²) in [7, 11) is 0. The minimum Gasteiger partial charge on any atom is -0.389 e. The summed E-state index contributed by atoms with van der Waals surface area (Å²) in [5.74, 6) is 0. The van der Waals surface area contributed by atoms with Gasteiger partial charge in [0, 0.05) is 34.3 Å². The second-order valence-electron chi connectivity index (χ2n) is 6.24. The number of nitrogens with two attached hydrogens (primary N) is 1. The first kappa shape index (κ1) is 16.3. The van der Waals surface area contributed by atoms with Gasteiger partial charge in [0.05, 0.1) is 17.0 Å². The third-order valence-corrected chi connectivity index (χ3v) is 5.70. The van der Waals surface area contributed by atoms with E-state index >= 15 is 0 Å². The fraction of sp³-hybridized carbons (Fsp3) is 0.222. The number of anilines is 2. The number of thiophene rings is 1. The summed E-state index contributed by atoms with van der Waals surface area (Å²) < 4.78 is 0. The lowest BCUT2D eigenvalue weighted by molar-refractivity contribution is -0.383. The Bertz CT molecular complexity index is 1100. The summed E-state index contributed by atoms with van der Waals surface area (Å²) in [6, 6.07) is 9.19. The molecule has 3 aromatic rings. The molecule has 0 spiro atoms. The fourth-order valence-corrected chi connectivity index (χ4v) is 4.59. The number of nitro groups is 1.